The fourth-order valence-electron chi connectivity index (χ4n) is 2.46. The molecule has 0 unspecified atom stereocenters. The number of hydrogen-bond donors (Lipinski definition) is 2. The molecule has 0 saturated carbocycles. The van der Waals surface area contributed by atoms with E-state index in [2.05, 4.69) is 39.9 Å². The zero-order valence-corrected chi connectivity index (χ0v) is 16.9. The van der Waals surface area contributed by atoms with Gasteiger partial charge in [-0.05, 0) is 31.0 Å². The SMILES string of the molecule is CC(=O)NCc1ccc(-c2csc(NC(=O)CCc3ccc(C)cc3)n2)s1. The second kappa shape index (κ2) is 8.92. The summed E-state index contributed by atoms with van der Waals surface area (Å²) in [5, 5.41) is 8.20. The van der Waals surface area contributed by atoms with Crippen molar-refractivity contribution < 1.29 is 9.59 Å². The Morgan fingerprint density at radius 3 is 2.63 bits per heavy atom. The van der Waals surface area contributed by atoms with Crippen LogP contribution in [-0.4, -0.2) is 16.8 Å². The number of carbonyl (C=O) groups is 2. The summed E-state index contributed by atoms with van der Waals surface area (Å²) in [5.41, 5.74) is 3.21. The highest BCUT2D eigenvalue weighted by molar-refractivity contribution is 7.17. The van der Waals surface area contributed by atoms with Gasteiger partial charge in [0.2, 0.25) is 11.8 Å². The number of thiazole rings is 1. The first-order chi connectivity index (χ1) is 13.0. The molecule has 0 atom stereocenters. The van der Waals surface area contributed by atoms with Crippen molar-refractivity contribution in [3.8, 4) is 10.6 Å². The van der Waals surface area contributed by atoms with E-state index in [-0.39, 0.29) is 11.8 Å². The van der Waals surface area contributed by atoms with Crippen molar-refractivity contribution in [1.82, 2.24) is 10.3 Å². The predicted molar refractivity (Wildman–Crippen MR) is 111 cm³/mol. The Bertz CT molecular complexity index is 929. The molecule has 5 nitrogen and oxygen atoms in total. The second-order valence-electron chi connectivity index (χ2n) is 6.25. The molecule has 2 heterocycles. The third-order valence-electron chi connectivity index (χ3n) is 3.94. The minimum Gasteiger partial charge on any atom is -0.351 e. The van der Waals surface area contributed by atoms with E-state index in [0.717, 1.165) is 21.0 Å². The Kier molecular flexibility index (Phi) is 6.36. The molecule has 1 aromatic carbocycles. The number of thiophene rings is 1. The lowest BCUT2D eigenvalue weighted by Gasteiger charge is -2.03. The van der Waals surface area contributed by atoms with Crippen molar-refractivity contribution in [2.24, 2.45) is 0 Å². The monoisotopic (exact) mass is 399 g/mol. The van der Waals surface area contributed by atoms with E-state index in [9.17, 15) is 9.59 Å². The average Bonchev–Trinajstić information content (AvgIpc) is 3.28. The summed E-state index contributed by atoms with van der Waals surface area (Å²) in [4.78, 5) is 29.8. The summed E-state index contributed by atoms with van der Waals surface area (Å²) in [6.45, 7) is 4.07. The molecule has 140 valence electrons. The van der Waals surface area contributed by atoms with E-state index in [0.29, 0.717) is 24.5 Å². The summed E-state index contributed by atoms with van der Waals surface area (Å²) in [5.74, 6) is -0.0803. The van der Waals surface area contributed by atoms with Crippen LogP contribution >= 0.6 is 22.7 Å². The molecule has 2 amide bonds. The molecule has 2 N–H and O–H groups in total. The molecule has 7 heteroatoms. The first kappa shape index (κ1) is 19.3. The third kappa shape index (κ3) is 5.74. The lowest BCUT2D eigenvalue weighted by molar-refractivity contribution is -0.119. The third-order valence-corrected chi connectivity index (χ3v) is 5.80. The summed E-state index contributed by atoms with van der Waals surface area (Å²) in [6.07, 6.45) is 1.14. The summed E-state index contributed by atoms with van der Waals surface area (Å²) in [6, 6.07) is 12.2. The average molecular weight is 400 g/mol. The molecular formula is C20H21N3O2S2. The first-order valence-corrected chi connectivity index (χ1v) is 10.3. The molecule has 2 aromatic heterocycles. The minimum absolute atomic E-state index is 0.0333. The van der Waals surface area contributed by atoms with Gasteiger partial charge in [0.15, 0.2) is 5.13 Å². The van der Waals surface area contributed by atoms with E-state index >= 15 is 0 Å². The van der Waals surface area contributed by atoms with Crippen LogP contribution in [0, 0.1) is 6.92 Å². The van der Waals surface area contributed by atoms with Crippen molar-refractivity contribution in [1.29, 1.82) is 0 Å². The Balaban J connectivity index is 1.53. The van der Waals surface area contributed by atoms with Gasteiger partial charge in [0, 0.05) is 23.6 Å². The van der Waals surface area contributed by atoms with Gasteiger partial charge >= 0.3 is 0 Å². The largest absolute Gasteiger partial charge is 0.351 e. The Labute approximate surface area is 166 Å². The quantitative estimate of drug-likeness (QED) is 0.619. The van der Waals surface area contributed by atoms with Gasteiger partial charge in [0.25, 0.3) is 0 Å². The lowest BCUT2D eigenvalue weighted by atomic mass is 10.1. The maximum absolute atomic E-state index is 12.2. The van der Waals surface area contributed by atoms with Crippen LogP contribution in [0.25, 0.3) is 10.6 Å². The van der Waals surface area contributed by atoms with E-state index in [1.54, 1.807) is 11.3 Å². The summed E-state index contributed by atoms with van der Waals surface area (Å²) >= 11 is 3.00. The van der Waals surface area contributed by atoms with E-state index < -0.39 is 0 Å². The minimum atomic E-state index is -0.0470. The van der Waals surface area contributed by atoms with Gasteiger partial charge in [-0.2, -0.15) is 0 Å². The van der Waals surface area contributed by atoms with Crippen LogP contribution in [0.1, 0.15) is 29.3 Å². The standard InChI is InChI=1S/C20H21N3O2S2/c1-13-3-5-15(6-4-13)7-10-19(25)23-20-22-17(12-26-20)18-9-8-16(27-18)11-21-14(2)24/h3-6,8-9,12H,7,10-11H2,1-2H3,(H,21,24)(H,22,23,25). The number of aryl methyl sites for hydroxylation is 2. The second-order valence-corrected chi connectivity index (χ2v) is 8.27. The van der Waals surface area contributed by atoms with Gasteiger partial charge in [-0.25, -0.2) is 4.98 Å². The molecule has 0 radical (unpaired) electrons. The molecule has 0 aliphatic carbocycles. The fraction of sp³-hybridized carbons (Fsp3) is 0.250. The molecule has 0 bridgehead atoms. The van der Waals surface area contributed by atoms with Crippen LogP contribution in [0.4, 0.5) is 5.13 Å². The van der Waals surface area contributed by atoms with E-state index in [4.69, 9.17) is 0 Å². The van der Waals surface area contributed by atoms with Crippen molar-refractivity contribution in [2.45, 2.75) is 33.2 Å². The molecular weight excluding hydrogens is 378 g/mol. The lowest BCUT2D eigenvalue weighted by Crippen LogP contribution is -2.17. The maximum atomic E-state index is 12.2. The molecule has 27 heavy (non-hydrogen) atoms. The van der Waals surface area contributed by atoms with E-state index in [1.165, 1.54) is 23.8 Å². The van der Waals surface area contributed by atoms with Crippen LogP contribution in [0.2, 0.25) is 0 Å². The number of benzene rings is 1. The smallest absolute Gasteiger partial charge is 0.226 e. The van der Waals surface area contributed by atoms with Gasteiger partial charge in [-0.3, -0.25) is 9.59 Å². The summed E-state index contributed by atoms with van der Waals surface area (Å²) < 4.78 is 0. The van der Waals surface area contributed by atoms with Gasteiger partial charge < -0.3 is 10.6 Å². The number of carbonyl (C=O) groups excluding carboxylic acids is 2. The van der Waals surface area contributed by atoms with Crippen molar-refractivity contribution in [2.75, 3.05) is 5.32 Å². The highest BCUT2D eigenvalue weighted by Crippen LogP contribution is 2.30. The molecule has 0 aliphatic rings. The van der Waals surface area contributed by atoms with Gasteiger partial charge in [0.05, 0.1) is 17.1 Å². The van der Waals surface area contributed by atoms with Crippen LogP contribution in [0.5, 0.6) is 0 Å². The summed E-state index contributed by atoms with van der Waals surface area (Å²) in [7, 11) is 0. The zero-order chi connectivity index (χ0) is 19.2. The Hall–Kier alpha value is -2.51. The van der Waals surface area contributed by atoms with Crippen molar-refractivity contribution in [3.05, 3.63) is 57.8 Å². The normalized spacial score (nSPS) is 10.6. The van der Waals surface area contributed by atoms with Gasteiger partial charge in [-0.15, -0.1) is 22.7 Å². The van der Waals surface area contributed by atoms with Crippen LogP contribution in [0.15, 0.2) is 41.8 Å². The molecule has 3 rings (SSSR count). The molecule has 3 aromatic rings. The topological polar surface area (TPSA) is 71.1 Å². The number of rotatable bonds is 7. The highest BCUT2D eigenvalue weighted by atomic mass is 32.1. The number of aromatic nitrogens is 1. The predicted octanol–water partition coefficient (Wildman–Crippen LogP) is 4.39. The molecule has 0 saturated heterocycles. The first-order valence-electron chi connectivity index (χ1n) is 8.64. The van der Waals surface area contributed by atoms with Crippen molar-refractivity contribution in [3.63, 3.8) is 0 Å². The van der Waals surface area contributed by atoms with E-state index in [1.807, 2.05) is 24.4 Å². The number of amides is 2. The number of nitrogens with one attached hydrogen (secondary N) is 2. The van der Waals surface area contributed by atoms with Crippen LogP contribution in [0.3, 0.4) is 0 Å². The van der Waals surface area contributed by atoms with Crippen LogP contribution < -0.4 is 10.6 Å². The number of anilines is 1. The Morgan fingerprint density at radius 1 is 1.11 bits per heavy atom. The number of nitrogens with zero attached hydrogens (tertiary/aromatic N) is 1. The molecule has 0 spiro atoms. The molecule has 0 aliphatic heterocycles. The highest BCUT2D eigenvalue weighted by Gasteiger charge is 2.10. The van der Waals surface area contributed by atoms with Gasteiger partial charge in [-0.1, -0.05) is 29.8 Å². The van der Waals surface area contributed by atoms with Crippen LogP contribution in [-0.2, 0) is 22.6 Å². The fourth-order valence-corrected chi connectivity index (χ4v) is 4.17. The Morgan fingerprint density at radius 2 is 1.89 bits per heavy atom. The van der Waals surface area contributed by atoms with Gasteiger partial charge in [0.1, 0.15) is 0 Å². The maximum Gasteiger partial charge on any atom is 0.226 e. The molecule has 0 fully saturated rings. The zero-order valence-electron chi connectivity index (χ0n) is 15.2. The number of hydrogen-bond acceptors (Lipinski definition) is 5. The van der Waals surface area contributed by atoms with Crippen molar-refractivity contribution >= 4 is 39.6 Å².